The number of rotatable bonds is 7. The molecule has 4 aromatic carbocycles. The van der Waals surface area contributed by atoms with Crippen molar-refractivity contribution in [2.24, 2.45) is 0 Å². The third-order valence-electron chi connectivity index (χ3n) is 6.60. The van der Waals surface area contributed by atoms with Gasteiger partial charge in [-0.25, -0.2) is 0 Å². The number of fused-ring (bicyclic) bond motifs is 2. The van der Waals surface area contributed by atoms with Gasteiger partial charge in [0.25, 0.3) is 24.0 Å². The summed E-state index contributed by atoms with van der Waals surface area (Å²) < 4.78 is 11.2. The monoisotopic (exact) mass is 530 g/mol. The lowest BCUT2D eigenvalue weighted by atomic mass is 10.1. The first kappa shape index (κ1) is 24.8. The highest BCUT2D eigenvalue weighted by Gasteiger charge is 2.34. The van der Waals surface area contributed by atoms with E-state index in [0.717, 1.165) is 5.56 Å². The summed E-state index contributed by atoms with van der Waals surface area (Å²) in [5.41, 5.74) is 2.90. The van der Waals surface area contributed by atoms with Crippen molar-refractivity contribution in [1.82, 2.24) is 4.90 Å². The summed E-state index contributed by atoms with van der Waals surface area (Å²) in [5.74, 6) is 0.0384. The number of amides is 3. The Morgan fingerprint density at radius 2 is 1.27 bits per heavy atom. The fourth-order valence-electron chi connectivity index (χ4n) is 4.51. The normalized spacial score (nSPS) is 14.1. The predicted molar refractivity (Wildman–Crippen MR) is 146 cm³/mol. The lowest BCUT2D eigenvalue weighted by Gasteiger charge is -2.14. The Morgan fingerprint density at radius 1 is 0.725 bits per heavy atom. The SMILES string of the molecule is O=C(/C=C/C1Oc2ccccc2O1)c1ccc(NC(=O)c2ccc(CN3C(=O)c4ccccc4C3=O)cc2)cc1. The molecule has 2 aliphatic heterocycles. The van der Waals surface area contributed by atoms with Crippen molar-refractivity contribution in [2.75, 3.05) is 5.32 Å². The molecule has 0 saturated carbocycles. The molecule has 6 rings (SSSR count). The smallest absolute Gasteiger partial charge is 0.261 e. The van der Waals surface area contributed by atoms with Gasteiger partial charge in [-0.1, -0.05) is 36.4 Å². The van der Waals surface area contributed by atoms with Gasteiger partial charge in [0, 0.05) is 22.9 Å². The predicted octanol–water partition coefficient (Wildman–Crippen LogP) is 5.27. The molecule has 8 heteroatoms. The Bertz CT molecular complexity index is 1610. The standard InChI is InChI=1S/C32H22N2O6/c35-26(17-18-29-39-27-7-3-4-8-28(27)40-29)21-13-15-23(16-14-21)33-30(36)22-11-9-20(10-12-22)19-34-31(37)24-5-1-2-6-25(24)32(34)38/h1-18,29H,19H2,(H,33,36)/b18-17+. The molecule has 1 N–H and O–H groups in total. The third kappa shape index (κ3) is 4.86. The number of ketones is 1. The van der Waals surface area contributed by atoms with Crippen LogP contribution in [0.1, 0.15) is 47.0 Å². The maximum absolute atomic E-state index is 12.7. The fraction of sp³-hybridized carbons (Fsp3) is 0.0625. The van der Waals surface area contributed by atoms with Crippen molar-refractivity contribution >= 4 is 29.2 Å². The van der Waals surface area contributed by atoms with E-state index >= 15 is 0 Å². The van der Waals surface area contributed by atoms with Crippen molar-refractivity contribution in [2.45, 2.75) is 12.8 Å². The number of hydrogen-bond acceptors (Lipinski definition) is 6. The molecule has 8 nitrogen and oxygen atoms in total. The van der Waals surface area contributed by atoms with Crippen molar-refractivity contribution in [3.63, 3.8) is 0 Å². The molecule has 0 aromatic heterocycles. The van der Waals surface area contributed by atoms with Gasteiger partial charge >= 0.3 is 0 Å². The summed E-state index contributed by atoms with van der Waals surface area (Å²) >= 11 is 0. The minimum Gasteiger partial charge on any atom is -0.447 e. The van der Waals surface area contributed by atoms with Crippen LogP contribution in [0, 0.1) is 0 Å². The van der Waals surface area contributed by atoms with E-state index in [1.165, 1.54) is 11.0 Å². The summed E-state index contributed by atoms with van der Waals surface area (Å²) in [6.45, 7) is 0.115. The second-order valence-corrected chi connectivity index (χ2v) is 9.24. The quantitative estimate of drug-likeness (QED) is 0.198. The molecule has 2 aliphatic rings. The summed E-state index contributed by atoms with van der Waals surface area (Å²) in [6.07, 6.45) is 2.28. The minimum absolute atomic E-state index is 0.115. The molecule has 0 aliphatic carbocycles. The molecule has 0 bridgehead atoms. The van der Waals surface area contributed by atoms with Gasteiger partial charge in [-0.2, -0.15) is 0 Å². The Balaban J connectivity index is 1.03. The van der Waals surface area contributed by atoms with Crippen LogP contribution in [0.3, 0.4) is 0 Å². The lowest BCUT2D eigenvalue weighted by Crippen LogP contribution is -2.29. The topological polar surface area (TPSA) is 102 Å². The van der Waals surface area contributed by atoms with Crippen LogP contribution in [0.15, 0.2) is 109 Å². The van der Waals surface area contributed by atoms with Crippen LogP contribution in [0.5, 0.6) is 11.5 Å². The summed E-state index contributed by atoms with van der Waals surface area (Å²) in [5, 5.41) is 2.80. The number of para-hydroxylation sites is 2. The van der Waals surface area contributed by atoms with E-state index in [9.17, 15) is 19.2 Å². The van der Waals surface area contributed by atoms with Crippen LogP contribution in [-0.4, -0.2) is 34.7 Å². The van der Waals surface area contributed by atoms with Crippen LogP contribution in [0.2, 0.25) is 0 Å². The number of carbonyl (C=O) groups excluding carboxylic acids is 4. The number of hydrogen-bond donors (Lipinski definition) is 1. The number of ether oxygens (including phenoxy) is 2. The molecule has 0 saturated heterocycles. The first-order valence-electron chi connectivity index (χ1n) is 12.6. The maximum Gasteiger partial charge on any atom is 0.261 e. The minimum atomic E-state index is -0.668. The van der Waals surface area contributed by atoms with Crippen LogP contribution in [-0.2, 0) is 6.54 Å². The number of allylic oxidation sites excluding steroid dienone is 1. The van der Waals surface area contributed by atoms with Crippen LogP contribution < -0.4 is 14.8 Å². The molecule has 3 amide bonds. The Labute approximate surface area is 229 Å². The molecule has 0 fully saturated rings. The number of imide groups is 1. The van der Waals surface area contributed by atoms with E-state index in [1.54, 1.807) is 91.0 Å². The fourth-order valence-corrected chi connectivity index (χ4v) is 4.51. The van der Waals surface area contributed by atoms with Gasteiger partial charge in [0.05, 0.1) is 17.7 Å². The van der Waals surface area contributed by atoms with E-state index in [2.05, 4.69) is 5.32 Å². The molecule has 196 valence electrons. The van der Waals surface area contributed by atoms with E-state index in [4.69, 9.17) is 9.47 Å². The average molecular weight is 531 g/mol. The van der Waals surface area contributed by atoms with Crippen LogP contribution in [0.25, 0.3) is 0 Å². The van der Waals surface area contributed by atoms with E-state index in [-0.39, 0.29) is 30.0 Å². The number of carbonyl (C=O) groups is 4. The van der Waals surface area contributed by atoms with Gasteiger partial charge in [0.1, 0.15) is 0 Å². The lowest BCUT2D eigenvalue weighted by molar-refractivity contribution is 0.0641. The van der Waals surface area contributed by atoms with Gasteiger partial charge in [-0.15, -0.1) is 0 Å². The van der Waals surface area contributed by atoms with E-state index in [1.807, 2.05) is 12.1 Å². The van der Waals surface area contributed by atoms with Gasteiger partial charge in [0.2, 0.25) is 0 Å². The molecule has 4 aromatic rings. The Kier molecular flexibility index (Phi) is 6.41. The molecule has 0 atom stereocenters. The van der Waals surface area contributed by atoms with Crippen molar-refractivity contribution < 1.29 is 28.7 Å². The number of nitrogens with one attached hydrogen (secondary N) is 1. The van der Waals surface area contributed by atoms with Gasteiger partial charge in [-0.3, -0.25) is 24.1 Å². The summed E-state index contributed by atoms with van der Waals surface area (Å²) in [7, 11) is 0. The molecule has 0 spiro atoms. The van der Waals surface area contributed by atoms with E-state index < -0.39 is 6.29 Å². The van der Waals surface area contributed by atoms with Gasteiger partial charge in [0.15, 0.2) is 17.3 Å². The molecule has 2 heterocycles. The molecular formula is C32H22N2O6. The summed E-state index contributed by atoms with van der Waals surface area (Å²) in [6, 6.07) is 27.2. The average Bonchev–Trinajstić information content (AvgIpc) is 3.51. The third-order valence-corrected chi connectivity index (χ3v) is 6.60. The first-order chi connectivity index (χ1) is 19.5. The van der Waals surface area contributed by atoms with E-state index in [0.29, 0.717) is 39.4 Å². The zero-order valence-electron chi connectivity index (χ0n) is 21.1. The van der Waals surface area contributed by atoms with Crippen molar-refractivity contribution in [1.29, 1.82) is 0 Å². The first-order valence-corrected chi connectivity index (χ1v) is 12.6. The van der Waals surface area contributed by atoms with Crippen molar-refractivity contribution in [3.8, 4) is 11.5 Å². The zero-order valence-corrected chi connectivity index (χ0v) is 21.1. The van der Waals surface area contributed by atoms with Crippen LogP contribution in [0.4, 0.5) is 5.69 Å². The molecule has 0 unspecified atom stereocenters. The number of nitrogens with zero attached hydrogens (tertiary/aromatic N) is 1. The largest absolute Gasteiger partial charge is 0.447 e. The molecule has 0 radical (unpaired) electrons. The molecule has 40 heavy (non-hydrogen) atoms. The molecular weight excluding hydrogens is 508 g/mol. The number of benzene rings is 4. The number of anilines is 1. The highest BCUT2D eigenvalue weighted by atomic mass is 16.7. The van der Waals surface area contributed by atoms with Crippen LogP contribution >= 0.6 is 0 Å². The highest BCUT2D eigenvalue weighted by Crippen LogP contribution is 2.34. The van der Waals surface area contributed by atoms with Gasteiger partial charge in [-0.05, 0) is 72.3 Å². The highest BCUT2D eigenvalue weighted by molar-refractivity contribution is 6.21. The van der Waals surface area contributed by atoms with Gasteiger partial charge < -0.3 is 14.8 Å². The summed E-state index contributed by atoms with van der Waals surface area (Å²) in [4.78, 5) is 51.7. The second kappa shape index (κ2) is 10.3. The Hall–Kier alpha value is -5.50. The Morgan fingerprint density at radius 3 is 1.88 bits per heavy atom. The van der Waals surface area contributed by atoms with Crippen molar-refractivity contribution in [3.05, 3.63) is 137 Å². The zero-order chi connectivity index (χ0) is 27.6. The maximum atomic E-state index is 12.7. The second-order valence-electron chi connectivity index (χ2n) is 9.24.